The molecule has 2 bridgehead atoms. The molecule has 2 atom stereocenters. The molecular weight excluding hydrogens is 338 g/mol. The Labute approximate surface area is 155 Å². The summed E-state index contributed by atoms with van der Waals surface area (Å²) in [7, 11) is 1.79. The van der Waals surface area contributed by atoms with E-state index in [1.807, 2.05) is 29.2 Å². The summed E-state index contributed by atoms with van der Waals surface area (Å²) in [5.74, 6) is 0.332. The molecule has 4 rings (SSSR count). The normalized spacial score (nSPS) is 25.1. The highest BCUT2D eigenvalue weighted by atomic mass is 35.5. The zero-order valence-corrected chi connectivity index (χ0v) is 15.4. The number of likely N-dealkylation sites (tertiary alicyclic amines) is 1. The van der Waals surface area contributed by atoms with E-state index in [9.17, 15) is 9.59 Å². The molecule has 1 aromatic rings. The van der Waals surface area contributed by atoms with Crippen molar-refractivity contribution in [2.24, 2.45) is 5.92 Å². The van der Waals surface area contributed by atoms with Gasteiger partial charge >= 0.3 is 0 Å². The van der Waals surface area contributed by atoms with Crippen molar-refractivity contribution in [2.75, 3.05) is 25.0 Å². The molecule has 0 radical (unpaired) electrons. The minimum atomic E-state index is 0. The lowest BCUT2D eigenvalue weighted by molar-refractivity contribution is -0.119. The highest BCUT2D eigenvalue weighted by molar-refractivity contribution is 6.05. The van der Waals surface area contributed by atoms with E-state index in [2.05, 4.69) is 5.32 Å². The quantitative estimate of drug-likeness (QED) is 0.897. The molecule has 25 heavy (non-hydrogen) atoms. The van der Waals surface area contributed by atoms with Crippen LogP contribution in [0.15, 0.2) is 24.3 Å². The first-order valence-electron chi connectivity index (χ1n) is 9.05. The van der Waals surface area contributed by atoms with Crippen LogP contribution in [0.1, 0.15) is 42.5 Å². The summed E-state index contributed by atoms with van der Waals surface area (Å²) in [6, 6.07) is 8.49. The van der Waals surface area contributed by atoms with Gasteiger partial charge in [-0.2, -0.15) is 0 Å². The predicted molar refractivity (Wildman–Crippen MR) is 100 cm³/mol. The van der Waals surface area contributed by atoms with Crippen LogP contribution in [0.4, 0.5) is 5.69 Å². The third-order valence-electron chi connectivity index (χ3n) is 5.56. The molecule has 2 heterocycles. The van der Waals surface area contributed by atoms with Gasteiger partial charge in [-0.1, -0.05) is 12.1 Å². The summed E-state index contributed by atoms with van der Waals surface area (Å²) in [6.07, 6.45) is 5.33. The molecule has 2 aliphatic heterocycles. The van der Waals surface area contributed by atoms with Gasteiger partial charge in [0.05, 0.1) is 11.3 Å². The molecule has 2 amide bonds. The smallest absolute Gasteiger partial charge is 0.256 e. The summed E-state index contributed by atoms with van der Waals surface area (Å²) >= 11 is 0. The monoisotopic (exact) mass is 363 g/mol. The van der Waals surface area contributed by atoms with Crippen molar-refractivity contribution in [1.29, 1.82) is 0 Å². The number of rotatable bonds is 3. The van der Waals surface area contributed by atoms with Gasteiger partial charge in [-0.05, 0) is 44.2 Å². The number of amides is 2. The molecule has 0 spiro atoms. The maximum Gasteiger partial charge on any atom is 0.256 e. The van der Waals surface area contributed by atoms with Crippen molar-refractivity contribution in [3.63, 3.8) is 0 Å². The fourth-order valence-corrected chi connectivity index (χ4v) is 3.97. The van der Waals surface area contributed by atoms with Gasteiger partial charge in [-0.3, -0.25) is 9.59 Å². The van der Waals surface area contributed by atoms with E-state index < -0.39 is 0 Å². The highest BCUT2D eigenvalue weighted by Crippen LogP contribution is 2.33. The average molecular weight is 364 g/mol. The number of nitrogens with zero attached hydrogens (tertiary/aromatic N) is 2. The zero-order valence-electron chi connectivity index (χ0n) is 14.6. The van der Waals surface area contributed by atoms with Crippen LogP contribution in [0.25, 0.3) is 0 Å². The van der Waals surface area contributed by atoms with Crippen LogP contribution in [0.3, 0.4) is 0 Å². The van der Waals surface area contributed by atoms with Crippen LogP contribution < -0.4 is 10.2 Å². The van der Waals surface area contributed by atoms with Gasteiger partial charge in [0.15, 0.2) is 0 Å². The molecule has 0 aromatic heterocycles. The second-order valence-corrected chi connectivity index (χ2v) is 7.37. The summed E-state index contributed by atoms with van der Waals surface area (Å²) < 4.78 is 0. The Morgan fingerprint density at radius 2 is 1.80 bits per heavy atom. The molecule has 5 nitrogen and oxygen atoms in total. The lowest BCUT2D eigenvalue weighted by atomic mass is 10.1. The number of para-hydroxylation sites is 1. The van der Waals surface area contributed by atoms with E-state index in [1.165, 1.54) is 6.42 Å². The van der Waals surface area contributed by atoms with Crippen LogP contribution in [-0.4, -0.2) is 48.9 Å². The van der Waals surface area contributed by atoms with E-state index in [0.29, 0.717) is 17.6 Å². The first-order valence-corrected chi connectivity index (χ1v) is 9.05. The summed E-state index contributed by atoms with van der Waals surface area (Å²) in [5, 5.41) is 3.61. The molecule has 3 aliphatic rings. The van der Waals surface area contributed by atoms with Crippen molar-refractivity contribution in [1.82, 2.24) is 10.2 Å². The number of carbonyl (C=O) groups is 2. The van der Waals surface area contributed by atoms with Crippen molar-refractivity contribution >= 4 is 29.9 Å². The van der Waals surface area contributed by atoms with Crippen LogP contribution in [-0.2, 0) is 4.79 Å². The SMILES string of the molecule is CN(C(=O)C1CC1)c1ccccc1C(=O)N1CCC2CCC(C1)N2.Cl. The average Bonchev–Trinajstić information content (AvgIpc) is 3.37. The number of hydrogen-bond donors (Lipinski definition) is 1. The van der Waals surface area contributed by atoms with Crippen LogP contribution in [0, 0.1) is 5.92 Å². The molecule has 136 valence electrons. The van der Waals surface area contributed by atoms with E-state index in [-0.39, 0.29) is 30.1 Å². The Morgan fingerprint density at radius 3 is 2.56 bits per heavy atom. The lowest BCUT2D eigenvalue weighted by Crippen LogP contribution is -2.40. The van der Waals surface area contributed by atoms with Gasteiger partial charge in [0.25, 0.3) is 5.91 Å². The van der Waals surface area contributed by atoms with Gasteiger partial charge in [0.2, 0.25) is 5.91 Å². The fraction of sp³-hybridized carbons (Fsp3) is 0.579. The van der Waals surface area contributed by atoms with Crippen molar-refractivity contribution in [3.8, 4) is 0 Å². The third-order valence-corrected chi connectivity index (χ3v) is 5.56. The lowest BCUT2D eigenvalue weighted by Gasteiger charge is -2.27. The largest absolute Gasteiger partial charge is 0.337 e. The van der Waals surface area contributed by atoms with E-state index >= 15 is 0 Å². The number of halogens is 1. The summed E-state index contributed by atoms with van der Waals surface area (Å²) in [6.45, 7) is 1.56. The van der Waals surface area contributed by atoms with Crippen molar-refractivity contribution in [3.05, 3.63) is 29.8 Å². The zero-order chi connectivity index (χ0) is 16.7. The number of anilines is 1. The van der Waals surface area contributed by atoms with Gasteiger partial charge in [-0.15, -0.1) is 12.4 Å². The predicted octanol–water partition coefficient (Wildman–Crippen LogP) is 2.45. The number of nitrogens with one attached hydrogen (secondary N) is 1. The maximum atomic E-state index is 13.1. The molecule has 1 saturated carbocycles. The maximum absolute atomic E-state index is 13.1. The second-order valence-electron chi connectivity index (χ2n) is 7.37. The molecule has 3 fully saturated rings. The standard InChI is InChI=1S/C19H25N3O2.ClH/c1-21(18(23)13-6-7-13)17-5-3-2-4-16(17)19(24)22-11-10-14-8-9-15(12-22)20-14;/h2-5,13-15,20H,6-12H2,1H3;1H. The van der Waals surface area contributed by atoms with E-state index in [4.69, 9.17) is 0 Å². The Hall–Kier alpha value is -1.59. The van der Waals surface area contributed by atoms with Crippen molar-refractivity contribution < 1.29 is 9.59 Å². The molecule has 1 aliphatic carbocycles. The molecule has 2 unspecified atom stereocenters. The summed E-state index contributed by atoms with van der Waals surface area (Å²) in [5.41, 5.74) is 1.38. The Bertz CT molecular complexity index is 662. The number of fused-ring (bicyclic) bond motifs is 2. The molecule has 2 saturated heterocycles. The van der Waals surface area contributed by atoms with Crippen LogP contribution >= 0.6 is 12.4 Å². The minimum Gasteiger partial charge on any atom is -0.337 e. The Balaban J connectivity index is 0.00000182. The fourth-order valence-electron chi connectivity index (χ4n) is 3.97. The second kappa shape index (κ2) is 7.34. The molecular formula is C19H26ClN3O2. The van der Waals surface area contributed by atoms with E-state index in [0.717, 1.165) is 44.5 Å². The van der Waals surface area contributed by atoms with Crippen molar-refractivity contribution in [2.45, 2.75) is 44.2 Å². The minimum absolute atomic E-state index is 0. The first-order chi connectivity index (χ1) is 11.6. The summed E-state index contributed by atoms with van der Waals surface area (Å²) in [4.78, 5) is 29.2. The Morgan fingerprint density at radius 1 is 1.08 bits per heavy atom. The number of hydrogen-bond acceptors (Lipinski definition) is 3. The molecule has 6 heteroatoms. The van der Waals surface area contributed by atoms with Gasteiger partial charge in [-0.25, -0.2) is 0 Å². The molecule has 1 aromatic carbocycles. The number of benzene rings is 1. The topological polar surface area (TPSA) is 52.7 Å². The van der Waals surface area contributed by atoms with Crippen LogP contribution in [0.5, 0.6) is 0 Å². The molecule has 1 N–H and O–H groups in total. The van der Waals surface area contributed by atoms with E-state index in [1.54, 1.807) is 11.9 Å². The Kier molecular flexibility index (Phi) is 5.35. The van der Waals surface area contributed by atoms with Crippen LogP contribution in [0.2, 0.25) is 0 Å². The van der Waals surface area contributed by atoms with Gasteiger partial charge in [0, 0.05) is 38.1 Å². The van der Waals surface area contributed by atoms with Gasteiger partial charge in [0.1, 0.15) is 0 Å². The third kappa shape index (κ3) is 3.67. The first kappa shape index (κ1) is 18.2. The highest BCUT2D eigenvalue weighted by Gasteiger charge is 2.35. The number of carbonyl (C=O) groups excluding carboxylic acids is 2. The van der Waals surface area contributed by atoms with Gasteiger partial charge < -0.3 is 15.1 Å².